The first-order chi connectivity index (χ1) is 12.5. The first kappa shape index (κ1) is 22.0. The Morgan fingerprint density at radius 3 is 2.63 bits per heavy atom. The molecule has 5 heteroatoms. The van der Waals surface area contributed by atoms with Crippen LogP contribution >= 0.6 is 12.4 Å². The first-order valence-electron chi connectivity index (χ1n) is 10.2. The first-order valence-corrected chi connectivity index (χ1v) is 10.2. The zero-order valence-corrected chi connectivity index (χ0v) is 17.7. The summed E-state index contributed by atoms with van der Waals surface area (Å²) in [5.41, 5.74) is 2.25. The maximum absolute atomic E-state index is 12.4. The van der Waals surface area contributed by atoms with Crippen molar-refractivity contribution < 1.29 is 9.53 Å². The highest BCUT2D eigenvalue weighted by Crippen LogP contribution is 2.32. The number of fused-ring (bicyclic) bond motifs is 2. The Hall–Kier alpha value is -1.26. The van der Waals surface area contributed by atoms with Crippen LogP contribution in [-0.4, -0.2) is 24.6 Å². The third-order valence-electron chi connectivity index (χ3n) is 5.70. The molecular weight excluding hydrogens is 360 g/mol. The fraction of sp³-hybridized carbons (Fsp3) is 0.682. The Bertz CT molecular complexity index is 608. The summed E-state index contributed by atoms with van der Waals surface area (Å²) in [5.74, 6) is 2.24. The Morgan fingerprint density at radius 1 is 1.26 bits per heavy atom. The van der Waals surface area contributed by atoms with Crippen LogP contribution in [0.5, 0.6) is 5.75 Å². The molecule has 2 bridgehead atoms. The Balaban J connectivity index is 0.00000261. The monoisotopic (exact) mass is 394 g/mol. The number of hydrogen-bond donors (Lipinski definition) is 2. The van der Waals surface area contributed by atoms with Crippen LogP contribution in [0.3, 0.4) is 0 Å². The molecule has 1 amide bonds. The molecule has 2 fully saturated rings. The molecule has 2 N–H and O–H groups in total. The van der Waals surface area contributed by atoms with E-state index in [4.69, 9.17) is 4.74 Å². The predicted octanol–water partition coefficient (Wildman–Crippen LogP) is 4.38. The summed E-state index contributed by atoms with van der Waals surface area (Å²) < 4.78 is 5.99. The normalized spacial score (nSPS) is 23.8. The SMILES string of the molecule is Cc1ccc(CNC(=O)CC2CC3CCC(C2)N3)c(OCCC(C)C)c1.Cl. The van der Waals surface area contributed by atoms with Crippen LogP contribution in [0, 0.1) is 18.8 Å². The summed E-state index contributed by atoms with van der Waals surface area (Å²) in [6.45, 7) is 7.75. The summed E-state index contributed by atoms with van der Waals surface area (Å²) in [6.07, 6.45) is 6.56. The molecule has 2 atom stereocenters. The zero-order valence-electron chi connectivity index (χ0n) is 16.9. The average molecular weight is 395 g/mol. The molecule has 1 aromatic rings. The van der Waals surface area contributed by atoms with E-state index in [1.807, 2.05) is 0 Å². The van der Waals surface area contributed by atoms with Crippen molar-refractivity contribution in [3.05, 3.63) is 29.3 Å². The van der Waals surface area contributed by atoms with Gasteiger partial charge < -0.3 is 15.4 Å². The average Bonchev–Trinajstić information content (AvgIpc) is 2.92. The van der Waals surface area contributed by atoms with Gasteiger partial charge in [-0.3, -0.25) is 4.79 Å². The number of aryl methyl sites for hydroxylation is 1. The number of benzene rings is 1. The number of nitrogens with one attached hydrogen (secondary N) is 2. The van der Waals surface area contributed by atoms with E-state index in [2.05, 4.69) is 49.6 Å². The quantitative estimate of drug-likeness (QED) is 0.687. The van der Waals surface area contributed by atoms with Crippen LogP contribution in [0.15, 0.2) is 18.2 Å². The van der Waals surface area contributed by atoms with Crippen LogP contribution in [-0.2, 0) is 11.3 Å². The summed E-state index contributed by atoms with van der Waals surface area (Å²) in [7, 11) is 0. The minimum atomic E-state index is 0. The second-order valence-electron chi connectivity index (χ2n) is 8.60. The van der Waals surface area contributed by atoms with Crippen molar-refractivity contribution in [1.29, 1.82) is 0 Å². The minimum absolute atomic E-state index is 0. The molecule has 0 saturated carbocycles. The lowest BCUT2D eigenvalue weighted by atomic mass is 9.89. The van der Waals surface area contributed by atoms with Gasteiger partial charge in [-0.25, -0.2) is 0 Å². The molecule has 27 heavy (non-hydrogen) atoms. The summed E-state index contributed by atoms with van der Waals surface area (Å²) in [5, 5.41) is 6.76. The molecular formula is C22H35ClN2O2. The lowest BCUT2D eigenvalue weighted by Gasteiger charge is -2.28. The molecule has 0 aromatic heterocycles. The van der Waals surface area contributed by atoms with Gasteiger partial charge in [0.2, 0.25) is 5.91 Å². The number of ether oxygens (including phenoxy) is 1. The summed E-state index contributed by atoms with van der Waals surface area (Å²) in [4.78, 5) is 12.4. The number of carbonyl (C=O) groups is 1. The fourth-order valence-corrected chi connectivity index (χ4v) is 4.22. The topological polar surface area (TPSA) is 50.4 Å². The Kier molecular flexibility index (Phi) is 8.43. The van der Waals surface area contributed by atoms with E-state index >= 15 is 0 Å². The standard InChI is InChI=1S/C22H34N2O2.ClH/c1-15(2)8-9-26-21-10-16(3)4-5-18(21)14-23-22(25)13-17-11-19-6-7-20(12-17)24-19;/h4-5,10,15,17,19-20,24H,6-9,11-14H2,1-3H3,(H,23,25);1H. The van der Waals surface area contributed by atoms with Crippen molar-refractivity contribution in [3.8, 4) is 5.75 Å². The van der Waals surface area contributed by atoms with E-state index in [1.54, 1.807) is 0 Å². The molecule has 152 valence electrons. The number of hydrogen-bond acceptors (Lipinski definition) is 3. The molecule has 2 aliphatic rings. The third kappa shape index (κ3) is 6.69. The van der Waals surface area contributed by atoms with E-state index in [-0.39, 0.29) is 18.3 Å². The van der Waals surface area contributed by atoms with Gasteiger partial charge in [0, 0.05) is 30.6 Å². The largest absolute Gasteiger partial charge is 0.493 e. The van der Waals surface area contributed by atoms with Gasteiger partial charge in [-0.1, -0.05) is 26.0 Å². The second kappa shape index (κ2) is 10.3. The van der Waals surface area contributed by atoms with Crippen LogP contribution < -0.4 is 15.4 Å². The van der Waals surface area contributed by atoms with Crippen molar-refractivity contribution in [3.63, 3.8) is 0 Å². The van der Waals surface area contributed by atoms with Gasteiger partial charge in [0.1, 0.15) is 5.75 Å². The number of rotatable bonds is 8. The van der Waals surface area contributed by atoms with Crippen molar-refractivity contribution in [2.75, 3.05) is 6.61 Å². The molecule has 3 rings (SSSR count). The highest BCUT2D eigenvalue weighted by atomic mass is 35.5. The number of halogens is 1. The highest BCUT2D eigenvalue weighted by molar-refractivity contribution is 5.85. The van der Waals surface area contributed by atoms with Crippen LogP contribution in [0.4, 0.5) is 0 Å². The summed E-state index contributed by atoms with van der Waals surface area (Å²) >= 11 is 0. The number of amides is 1. The molecule has 2 aliphatic heterocycles. The van der Waals surface area contributed by atoms with Gasteiger partial charge in [-0.05, 0) is 62.5 Å². The van der Waals surface area contributed by atoms with Crippen LogP contribution in [0.2, 0.25) is 0 Å². The van der Waals surface area contributed by atoms with Crippen molar-refractivity contribution in [2.24, 2.45) is 11.8 Å². The minimum Gasteiger partial charge on any atom is -0.493 e. The second-order valence-corrected chi connectivity index (χ2v) is 8.60. The number of carbonyl (C=O) groups excluding carboxylic acids is 1. The van der Waals surface area contributed by atoms with Gasteiger partial charge in [0.25, 0.3) is 0 Å². The Morgan fingerprint density at radius 2 is 1.96 bits per heavy atom. The van der Waals surface area contributed by atoms with E-state index in [9.17, 15) is 4.79 Å². The highest BCUT2D eigenvalue weighted by Gasteiger charge is 2.34. The molecule has 1 aromatic carbocycles. The van der Waals surface area contributed by atoms with Crippen molar-refractivity contribution in [1.82, 2.24) is 10.6 Å². The van der Waals surface area contributed by atoms with E-state index < -0.39 is 0 Å². The maximum Gasteiger partial charge on any atom is 0.220 e. The molecule has 4 nitrogen and oxygen atoms in total. The van der Waals surface area contributed by atoms with Gasteiger partial charge in [0.05, 0.1) is 6.61 Å². The van der Waals surface area contributed by atoms with Gasteiger partial charge in [0.15, 0.2) is 0 Å². The smallest absolute Gasteiger partial charge is 0.220 e. The van der Waals surface area contributed by atoms with Gasteiger partial charge in [-0.15, -0.1) is 12.4 Å². The van der Waals surface area contributed by atoms with E-state index in [0.29, 0.717) is 36.9 Å². The Labute approximate surface area is 170 Å². The molecule has 2 unspecified atom stereocenters. The van der Waals surface area contributed by atoms with Crippen LogP contribution in [0.25, 0.3) is 0 Å². The van der Waals surface area contributed by atoms with Gasteiger partial charge in [-0.2, -0.15) is 0 Å². The molecule has 0 aliphatic carbocycles. The maximum atomic E-state index is 12.4. The van der Waals surface area contributed by atoms with E-state index in [0.717, 1.165) is 37.2 Å². The molecule has 2 saturated heterocycles. The predicted molar refractivity (Wildman–Crippen MR) is 113 cm³/mol. The number of piperidine rings is 1. The van der Waals surface area contributed by atoms with E-state index in [1.165, 1.54) is 18.4 Å². The summed E-state index contributed by atoms with van der Waals surface area (Å²) in [6, 6.07) is 7.52. The van der Waals surface area contributed by atoms with Crippen molar-refractivity contribution >= 4 is 18.3 Å². The fourth-order valence-electron chi connectivity index (χ4n) is 4.22. The van der Waals surface area contributed by atoms with Crippen molar-refractivity contribution in [2.45, 2.75) is 77.9 Å². The lowest BCUT2D eigenvalue weighted by molar-refractivity contribution is -0.122. The molecule has 0 radical (unpaired) electrons. The third-order valence-corrected chi connectivity index (χ3v) is 5.70. The zero-order chi connectivity index (χ0) is 18.5. The molecule has 0 spiro atoms. The lowest BCUT2D eigenvalue weighted by Crippen LogP contribution is -2.39. The van der Waals surface area contributed by atoms with Gasteiger partial charge >= 0.3 is 0 Å². The van der Waals surface area contributed by atoms with Crippen LogP contribution in [0.1, 0.15) is 63.5 Å². The molecule has 2 heterocycles.